The predicted molar refractivity (Wildman–Crippen MR) is 52.8 cm³/mol. The van der Waals surface area contributed by atoms with Crippen LogP contribution in [0.25, 0.3) is 0 Å². The number of nitrogens with one attached hydrogen (secondary N) is 1. The molecule has 0 fully saturated rings. The van der Waals surface area contributed by atoms with Crippen LogP contribution < -0.4 is 5.32 Å². The summed E-state index contributed by atoms with van der Waals surface area (Å²) in [7, 11) is 0. The van der Waals surface area contributed by atoms with Gasteiger partial charge in [0.1, 0.15) is 6.54 Å². The second kappa shape index (κ2) is 5.96. The van der Waals surface area contributed by atoms with Gasteiger partial charge in [0.15, 0.2) is 0 Å². The van der Waals surface area contributed by atoms with E-state index in [0.717, 1.165) is 0 Å². The first kappa shape index (κ1) is 12.4. The highest BCUT2D eigenvalue weighted by atomic mass is 79.9. The lowest BCUT2D eigenvalue weighted by Gasteiger charge is -2.11. The van der Waals surface area contributed by atoms with Gasteiger partial charge in [-0.1, -0.05) is 29.8 Å². The van der Waals surface area contributed by atoms with Crippen molar-refractivity contribution in [3.8, 4) is 0 Å². The van der Waals surface area contributed by atoms with Crippen LogP contribution in [0.3, 0.4) is 0 Å². The van der Waals surface area contributed by atoms with E-state index >= 15 is 0 Å². The summed E-state index contributed by atoms with van der Waals surface area (Å²) in [6.45, 7) is 3.68. The number of halogens is 1. The molecule has 0 spiro atoms. The molecule has 76 valence electrons. The zero-order chi connectivity index (χ0) is 10.4. The number of rotatable bonds is 5. The van der Waals surface area contributed by atoms with Crippen molar-refractivity contribution in [3.63, 3.8) is 0 Å². The van der Waals surface area contributed by atoms with Gasteiger partial charge >= 0.3 is 5.97 Å². The molecule has 1 amide bonds. The Morgan fingerprint density at radius 2 is 2.00 bits per heavy atom. The van der Waals surface area contributed by atoms with E-state index in [1.807, 2.05) is 13.8 Å². The highest BCUT2D eigenvalue weighted by Crippen LogP contribution is 2.12. The SMILES string of the molecule is CC(C)C[C@H](Br)C(=O)NCC(=O)O. The van der Waals surface area contributed by atoms with Crippen LogP contribution >= 0.6 is 15.9 Å². The molecule has 1 atom stereocenters. The zero-order valence-corrected chi connectivity index (χ0v) is 9.30. The van der Waals surface area contributed by atoms with E-state index in [4.69, 9.17) is 5.11 Å². The summed E-state index contributed by atoms with van der Waals surface area (Å²) in [5.41, 5.74) is 0. The Morgan fingerprint density at radius 3 is 2.38 bits per heavy atom. The van der Waals surface area contributed by atoms with E-state index in [2.05, 4.69) is 21.2 Å². The van der Waals surface area contributed by atoms with E-state index in [0.29, 0.717) is 12.3 Å². The number of carbonyl (C=O) groups excluding carboxylic acids is 1. The van der Waals surface area contributed by atoms with Crippen LogP contribution in [-0.4, -0.2) is 28.4 Å². The zero-order valence-electron chi connectivity index (χ0n) is 7.71. The highest BCUT2D eigenvalue weighted by molar-refractivity contribution is 9.10. The lowest BCUT2D eigenvalue weighted by atomic mass is 10.1. The van der Waals surface area contributed by atoms with Crippen molar-refractivity contribution in [3.05, 3.63) is 0 Å². The Labute approximate surface area is 85.8 Å². The Morgan fingerprint density at radius 1 is 1.46 bits per heavy atom. The lowest BCUT2D eigenvalue weighted by Crippen LogP contribution is -2.35. The fourth-order valence-electron chi connectivity index (χ4n) is 0.794. The molecule has 0 heterocycles. The van der Waals surface area contributed by atoms with Crippen molar-refractivity contribution in [2.24, 2.45) is 5.92 Å². The van der Waals surface area contributed by atoms with Crippen molar-refractivity contribution >= 4 is 27.8 Å². The summed E-state index contributed by atoms with van der Waals surface area (Å²) in [6.07, 6.45) is 0.700. The van der Waals surface area contributed by atoms with Crippen molar-refractivity contribution in [1.29, 1.82) is 0 Å². The van der Waals surface area contributed by atoms with E-state index in [9.17, 15) is 9.59 Å². The van der Waals surface area contributed by atoms with E-state index in [1.165, 1.54) is 0 Å². The van der Waals surface area contributed by atoms with Gasteiger partial charge in [0, 0.05) is 0 Å². The first-order chi connectivity index (χ1) is 5.93. The minimum Gasteiger partial charge on any atom is -0.480 e. The number of alkyl halides is 1. The summed E-state index contributed by atoms with van der Waals surface area (Å²) in [5, 5.41) is 10.6. The van der Waals surface area contributed by atoms with Crippen LogP contribution in [0.2, 0.25) is 0 Å². The number of carboxylic acids is 1. The van der Waals surface area contributed by atoms with Gasteiger partial charge in [-0.3, -0.25) is 9.59 Å². The van der Waals surface area contributed by atoms with Gasteiger partial charge in [0.2, 0.25) is 5.91 Å². The van der Waals surface area contributed by atoms with Crippen LogP contribution in [0.5, 0.6) is 0 Å². The number of hydrogen-bond acceptors (Lipinski definition) is 2. The summed E-state index contributed by atoms with van der Waals surface area (Å²) >= 11 is 3.19. The molecular weight excluding hydrogens is 238 g/mol. The molecule has 13 heavy (non-hydrogen) atoms. The number of hydrogen-bond donors (Lipinski definition) is 2. The van der Waals surface area contributed by atoms with Crippen LogP contribution in [-0.2, 0) is 9.59 Å². The maximum atomic E-state index is 11.2. The van der Waals surface area contributed by atoms with E-state index in [1.54, 1.807) is 0 Å². The van der Waals surface area contributed by atoms with Gasteiger partial charge < -0.3 is 10.4 Å². The normalized spacial score (nSPS) is 12.6. The third-order valence-corrected chi connectivity index (χ3v) is 2.17. The Balaban J connectivity index is 3.76. The smallest absolute Gasteiger partial charge is 0.322 e. The molecule has 4 nitrogen and oxygen atoms in total. The lowest BCUT2D eigenvalue weighted by molar-refractivity contribution is -0.137. The monoisotopic (exact) mass is 251 g/mol. The summed E-state index contributed by atoms with van der Waals surface area (Å²) in [6, 6.07) is 0. The largest absolute Gasteiger partial charge is 0.480 e. The molecule has 0 aliphatic heterocycles. The topological polar surface area (TPSA) is 66.4 Å². The van der Waals surface area contributed by atoms with Crippen LogP contribution in [0, 0.1) is 5.92 Å². The Kier molecular flexibility index (Phi) is 5.70. The first-order valence-corrected chi connectivity index (χ1v) is 4.98. The average molecular weight is 252 g/mol. The number of amides is 1. The van der Waals surface area contributed by atoms with E-state index < -0.39 is 5.97 Å². The summed E-state index contributed by atoms with van der Waals surface area (Å²) in [4.78, 5) is 21.0. The molecule has 0 aromatic rings. The average Bonchev–Trinajstić information content (AvgIpc) is 1.98. The standard InChI is InChI=1S/C8H14BrNO3/c1-5(2)3-6(9)8(13)10-4-7(11)12/h5-6H,3-4H2,1-2H3,(H,10,13)(H,11,12)/t6-/m0/s1. The molecule has 0 saturated heterocycles. The molecule has 2 N–H and O–H groups in total. The quantitative estimate of drug-likeness (QED) is 0.717. The summed E-state index contributed by atoms with van der Waals surface area (Å²) < 4.78 is 0. The van der Waals surface area contributed by atoms with Crippen molar-refractivity contribution in [2.45, 2.75) is 25.1 Å². The second-order valence-corrected chi connectivity index (χ2v) is 4.31. The minimum absolute atomic E-state index is 0.267. The first-order valence-electron chi connectivity index (χ1n) is 4.07. The molecule has 0 bridgehead atoms. The van der Waals surface area contributed by atoms with Crippen LogP contribution in [0.1, 0.15) is 20.3 Å². The third-order valence-electron chi connectivity index (χ3n) is 1.38. The van der Waals surface area contributed by atoms with Crippen molar-refractivity contribution < 1.29 is 14.7 Å². The highest BCUT2D eigenvalue weighted by Gasteiger charge is 2.16. The minimum atomic E-state index is -1.03. The van der Waals surface area contributed by atoms with Crippen molar-refractivity contribution in [1.82, 2.24) is 5.32 Å². The number of carbonyl (C=O) groups is 2. The van der Waals surface area contributed by atoms with Gasteiger partial charge in [0.25, 0.3) is 0 Å². The molecule has 0 rings (SSSR count). The molecule has 0 aromatic carbocycles. The maximum Gasteiger partial charge on any atom is 0.322 e. The van der Waals surface area contributed by atoms with Gasteiger partial charge in [-0.25, -0.2) is 0 Å². The fourth-order valence-corrected chi connectivity index (χ4v) is 1.70. The fraction of sp³-hybridized carbons (Fsp3) is 0.750. The molecule has 0 aliphatic carbocycles. The van der Waals surface area contributed by atoms with Crippen LogP contribution in [0.4, 0.5) is 0 Å². The van der Waals surface area contributed by atoms with Crippen LogP contribution in [0.15, 0.2) is 0 Å². The van der Waals surface area contributed by atoms with Gasteiger partial charge in [-0.15, -0.1) is 0 Å². The number of carboxylic acid groups (broad SMARTS) is 1. The molecule has 0 aromatic heterocycles. The third kappa shape index (κ3) is 6.57. The molecule has 0 saturated carbocycles. The van der Waals surface area contributed by atoms with Crippen molar-refractivity contribution in [2.75, 3.05) is 6.54 Å². The number of aliphatic carboxylic acids is 1. The summed E-state index contributed by atoms with van der Waals surface area (Å²) in [5.74, 6) is -0.895. The Bertz CT molecular complexity index is 194. The van der Waals surface area contributed by atoms with Gasteiger partial charge in [-0.2, -0.15) is 0 Å². The molecule has 5 heteroatoms. The molecule has 0 unspecified atom stereocenters. The Hall–Kier alpha value is -0.580. The second-order valence-electron chi connectivity index (χ2n) is 3.21. The maximum absolute atomic E-state index is 11.2. The van der Waals surface area contributed by atoms with Gasteiger partial charge in [-0.05, 0) is 12.3 Å². The van der Waals surface area contributed by atoms with E-state index in [-0.39, 0.29) is 17.3 Å². The molecule has 0 aliphatic rings. The predicted octanol–water partition coefficient (Wildman–Crippen LogP) is 0.997. The molecular formula is C8H14BrNO3. The molecule has 0 radical (unpaired) electrons. The van der Waals surface area contributed by atoms with Gasteiger partial charge in [0.05, 0.1) is 4.83 Å².